The van der Waals surface area contributed by atoms with Gasteiger partial charge < -0.3 is 15.6 Å². The number of pyridine rings is 1. The van der Waals surface area contributed by atoms with Gasteiger partial charge >= 0.3 is 0 Å². The Balaban J connectivity index is 2.90. The molecule has 0 aliphatic heterocycles. The van der Waals surface area contributed by atoms with Crippen LogP contribution in [-0.2, 0) is 0 Å². The maximum Gasteiger partial charge on any atom is 0.234 e. The summed E-state index contributed by atoms with van der Waals surface area (Å²) in [6.45, 7) is 0.00827. The van der Waals surface area contributed by atoms with E-state index in [4.69, 9.17) is 38.8 Å². The highest BCUT2D eigenvalue weighted by Crippen LogP contribution is 2.32. The first-order valence-electron chi connectivity index (χ1n) is 3.50. The van der Waals surface area contributed by atoms with E-state index >= 15 is 0 Å². The maximum atomic E-state index is 8.49. The molecule has 0 bridgehead atoms. The number of nitrogens with zero attached hydrogens (tertiary/aromatic N) is 1. The zero-order valence-electron chi connectivity index (χ0n) is 6.63. The van der Waals surface area contributed by atoms with Crippen LogP contribution in [-0.4, -0.2) is 23.3 Å². The molecular weight excluding hydrogens is 215 g/mol. The second kappa shape index (κ2) is 4.50. The first-order valence-corrected chi connectivity index (χ1v) is 4.25. The molecule has 1 rings (SSSR count). The summed E-state index contributed by atoms with van der Waals surface area (Å²) in [7, 11) is 0. The molecule has 1 aromatic heterocycles. The Hall–Kier alpha value is -0.710. The van der Waals surface area contributed by atoms with E-state index in [0.29, 0.717) is 0 Å². The number of hydrogen-bond donors (Lipinski definition) is 2. The molecule has 1 heterocycles. The zero-order valence-corrected chi connectivity index (χ0v) is 8.14. The van der Waals surface area contributed by atoms with Gasteiger partial charge in [-0.1, -0.05) is 23.2 Å². The predicted octanol–water partition coefficient (Wildman–Crippen LogP) is 1.34. The second-order valence-corrected chi connectivity index (χ2v) is 3.00. The van der Waals surface area contributed by atoms with Gasteiger partial charge in [0, 0.05) is 0 Å². The molecule has 0 aliphatic carbocycles. The fourth-order valence-electron chi connectivity index (χ4n) is 0.705. The lowest BCUT2D eigenvalue weighted by molar-refractivity contribution is 0.197. The molecule has 3 N–H and O–H groups in total. The van der Waals surface area contributed by atoms with Crippen LogP contribution in [0.5, 0.6) is 5.88 Å². The van der Waals surface area contributed by atoms with Gasteiger partial charge in [0.15, 0.2) is 0 Å². The van der Waals surface area contributed by atoms with E-state index in [1.807, 2.05) is 0 Å². The number of anilines is 1. The molecule has 0 radical (unpaired) electrons. The molecule has 0 unspecified atom stereocenters. The van der Waals surface area contributed by atoms with Gasteiger partial charge in [0.1, 0.15) is 11.6 Å². The van der Waals surface area contributed by atoms with Gasteiger partial charge in [0.25, 0.3) is 0 Å². The van der Waals surface area contributed by atoms with Gasteiger partial charge in [-0.05, 0) is 0 Å². The standard InChI is InChI=1S/C7H8Cl2N2O2/c8-4-3-11-7(13-2-1-12)5(9)6(4)10/h3,12H,1-2H2,(H2,10,11). The smallest absolute Gasteiger partial charge is 0.234 e. The summed E-state index contributed by atoms with van der Waals surface area (Å²) < 4.78 is 4.99. The van der Waals surface area contributed by atoms with Gasteiger partial charge in [-0.3, -0.25) is 0 Å². The molecule has 0 spiro atoms. The van der Waals surface area contributed by atoms with Crippen molar-refractivity contribution in [1.29, 1.82) is 0 Å². The summed E-state index contributed by atoms with van der Waals surface area (Å²) in [6.07, 6.45) is 1.34. The van der Waals surface area contributed by atoms with E-state index in [0.717, 1.165) is 0 Å². The average Bonchev–Trinajstić information content (AvgIpc) is 2.13. The van der Waals surface area contributed by atoms with E-state index in [9.17, 15) is 0 Å². The molecule has 0 atom stereocenters. The molecule has 1 aromatic rings. The molecule has 6 heteroatoms. The number of ether oxygens (including phenoxy) is 1. The van der Waals surface area contributed by atoms with Crippen LogP contribution in [0.4, 0.5) is 5.69 Å². The van der Waals surface area contributed by atoms with E-state index in [1.165, 1.54) is 6.20 Å². The Bertz CT molecular complexity index is 307. The van der Waals surface area contributed by atoms with Crippen molar-refractivity contribution in [3.63, 3.8) is 0 Å². The summed E-state index contributed by atoms with van der Waals surface area (Å²) in [4.78, 5) is 3.80. The number of nitrogens with two attached hydrogens (primary N) is 1. The molecule has 0 saturated heterocycles. The van der Waals surface area contributed by atoms with Crippen molar-refractivity contribution in [3.8, 4) is 5.88 Å². The maximum absolute atomic E-state index is 8.49. The molecule has 4 nitrogen and oxygen atoms in total. The second-order valence-electron chi connectivity index (χ2n) is 2.21. The van der Waals surface area contributed by atoms with Crippen LogP contribution in [0.25, 0.3) is 0 Å². The third-order valence-electron chi connectivity index (χ3n) is 1.31. The fourth-order valence-corrected chi connectivity index (χ4v) is 1.10. The number of aliphatic hydroxyl groups is 1. The monoisotopic (exact) mass is 222 g/mol. The van der Waals surface area contributed by atoms with E-state index in [2.05, 4.69) is 4.98 Å². The van der Waals surface area contributed by atoms with Crippen molar-refractivity contribution in [2.75, 3.05) is 18.9 Å². The van der Waals surface area contributed by atoms with Crippen molar-refractivity contribution < 1.29 is 9.84 Å². The number of rotatable bonds is 3. The number of aromatic nitrogens is 1. The van der Waals surface area contributed by atoms with Crippen LogP contribution in [0.2, 0.25) is 10.0 Å². The minimum Gasteiger partial charge on any atom is -0.474 e. The summed E-state index contributed by atoms with van der Waals surface area (Å²) in [5, 5.41) is 8.94. The Labute approximate surface area is 85.2 Å². The number of halogens is 2. The Kier molecular flexibility index (Phi) is 3.59. The lowest BCUT2D eigenvalue weighted by Crippen LogP contribution is -2.04. The van der Waals surface area contributed by atoms with Gasteiger partial charge in [0.2, 0.25) is 5.88 Å². The summed E-state index contributed by atoms with van der Waals surface area (Å²) >= 11 is 11.4. The van der Waals surface area contributed by atoms with Crippen molar-refractivity contribution in [3.05, 3.63) is 16.2 Å². The quantitative estimate of drug-likeness (QED) is 0.811. The Morgan fingerprint density at radius 1 is 1.54 bits per heavy atom. The van der Waals surface area contributed by atoms with Gasteiger partial charge in [0.05, 0.1) is 23.5 Å². The van der Waals surface area contributed by atoms with Crippen LogP contribution < -0.4 is 10.5 Å². The largest absolute Gasteiger partial charge is 0.474 e. The van der Waals surface area contributed by atoms with Crippen molar-refractivity contribution in [2.24, 2.45) is 0 Å². The highest BCUT2D eigenvalue weighted by Gasteiger charge is 2.09. The van der Waals surface area contributed by atoms with E-state index < -0.39 is 0 Å². The number of hydrogen-bond acceptors (Lipinski definition) is 4. The van der Waals surface area contributed by atoms with Crippen molar-refractivity contribution >= 4 is 28.9 Å². The molecule has 0 saturated carbocycles. The van der Waals surface area contributed by atoms with Crippen LogP contribution in [0, 0.1) is 0 Å². The molecular formula is C7H8Cl2N2O2. The highest BCUT2D eigenvalue weighted by molar-refractivity contribution is 6.39. The fraction of sp³-hybridized carbons (Fsp3) is 0.286. The van der Waals surface area contributed by atoms with Crippen LogP contribution in [0.1, 0.15) is 0 Å². The van der Waals surface area contributed by atoms with Gasteiger partial charge in [-0.15, -0.1) is 0 Å². The highest BCUT2D eigenvalue weighted by atomic mass is 35.5. The van der Waals surface area contributed by atoms with Gasteiger partial charge in [-0.2, -0.15) is 0 Å². The third-order valence-corrected chi connectivity index (χ3v) is 1.97. The summed E-state index contributed by atoms with van der Waals surface area (Å²) in [6, 6.07) is 0. The molecule has 0 aromatic carbocycles. The van der Waals surface area contributed by atoms with E-state index in [-0.39, 0.29) is 34.8 Å². The SMILES string of the molecule is Nc1c(Cl)cnc(OCCO)c1Cl. The molecule has 72 valence electrons. The summed E-state index contributed by atoms with van der Waals surface area (Å²) in [5.74, 6) is 0.178. The van der Waals surface area contributed by atoms with Crippen molar-refractivity contribution in [1.82, 2.24) is 4.98 Å². The Morgan fingerprint density at radius 3 is 2.85 bits per heavy atom. The topological polar surface area (TPSA) is 68.4 Å². The predicted molar refractivity (Wildman–Crippen MR) is 51.3 cm³/mol. The summed E-state index contributed by atoms with van der Waals surface area (Å²) in [5.41, 5.74) is 5.74. The first kappa shape index (κ1) is 10.4. The first-order chi connectivity index (χ1) is 6.16. The average molecular weight is 223 g/mol. The lowest BCUT2D eigenvalue weighted by atomic mass is 10.4. The Morgan fingerprint density at radius 2 is 2.23 bits per heavy atom. The minimum atomic E-state index is -0.111. The number of nitrogen functional groups attached to an aromatic ring is 1. The molecule has 0 aliphatic rings. The lowest BCUT2D eigenvalue weighted by Gasteiger charge is -2.07. The zero-order chi connectivity index (χ0) is 9.84. The van der Waals surface area contributed by atoms with Crippen LogP contribution in [0.3, 0.4) is 0 Å². The minimum absolute atomic E-state index is 0.111. The van der Waals surface area contributed by atoms with Crippen LogP contribution >= 0.6 is 23.2 Å². The number of aliphatic hydroxyl groups excluding tert-OH is 1. The normalized spacial score (nSPS) is 10.1. The molecule has 0 fully saturated rings. The molecule has 0 amide bonds. The van der Waals surface area contributed by atoms with Gasteiger partial charge in [-0.25, -0.2) is 4.98 Å². The van der Waals surface area contributed by atoms with Crippen LogP contribution in [0.15, 0.2) is 6.20 Å². The third kappa shape index (κ3) is 2.37. The van der Waals surface area contributed by atoms with Crippen molar-refractivity contribution in [2.45, 2.75) is 0 Å². The van der Waals surface area contributed by atoms with E-state index in [1.54, 1.807) is 0 Å². The molecule has 13 heavy (non-hydrogen) atoms.